The van der Waals surface area contributed by atoms with Gasteiger partial charge in [0.2, 0.25) is 0 Å². The quantitative estimate of drug-likeness (QED) is 0.756. The van der Waals surface area contributed by atoms with E-state index in [9.17, 15) is 16.8 Å². The van der Waals surface area contributed by atoms with Crippen molar-refractivity contribution in [3.8, 4) is 5.75 Å². The molecule has 3 rings (SSSR count). The molecule has 2 atom stereocenters. The van der Waals surface area contributed by atoms with Crippen LogP contribution < -0.4 is 10.1 Å². The molecule has 0 spiro atoms. The van der Waals surface area contributed by atoms with Crippen molar-refractivity contribution in [1.29, 1.82) is 0 Å². The summed E-state index contributed by atoms with van der Waals surface area (Å²) in [5.74, 6) is 0.0798. The second-order valence-corrected chi connectivity index (χ2v) is 12.1. The van der Waals surface area contributed by atoms with Crippen molar-refractivity contribution in [2.75, 3.05) is 18.6 Å². The molecule has 0 bridgehead atoms. The van der Waals surface area contributed by atoms with Crippen LogP contribution >= 0.6 is 11.3 Å². The summed E-state index contributed by atoms with van der Waals surface area (Å²) in [6, 6.07) is 6.46. The van der Waals surface area contributed by atoms with Crippen LogP contribution in [0.25, 0.3) is 0 Å². The lowest BCUT2D eigenvalue weighted by Gasteiger charge is -2.21. The molecule has 0 unspecified atom stereocenters. The van der Waals surface area contributed by atoms with E-state index in [1.165, 1.54) is 7.11 Å². The van der Waals surface area contributed by atoms with Gasteiger partial charge in [0.15, 0.2) is 19.7 Å². The smallest absolute Gasteiger partial charge is 0.184 e. The van der Waals surface area contributed by atoms with Gasteiger partial charge in [-0.2, -0.15) is 0 Å². The minimum atomic E-state index is -3.82. The fourth-order valence-electron chi connectivity index (χ4n) is 3.41. The topological polar surface area (TPSA) is 89.5 Å². The highest BCUT2D eigenvalue weighted by Gasteiger charge is 2.46. The summed E-state index contributed by atoms with van der Waals surface area (Å²) in [5.41, 5.74) is 1.25. The van der Waals surface area contributed by atoms with Crippen molar-refractivity contribution in [3.63, 3.8) is 0 Å². The highest BCUT2D eigenvalue weighted by Crippen LogP contribution is 2.32. The third-order valence-electron chi connectivity index (χ3n) is 4.82. The third-order valence-corrected chi connectivity index (χ3v) is 9.98. The van der Waals surface area contributed by atoms with Gasteiger partial charge < -0.3 is 10.1 Å². The van der Waals surface area contributed by atoms with E-state index in [4.69, 9.17) is 4.74 Å². The molecule has 1 saturated heterocycles. The van der Waals surface area contributed by atoms with Gasteiger partial charge in [-0.15, -0.1) is 11.3 Å². The first-order valence-corrected chi connectivity index (χ1v) is 12.7. The third kappa shape index (κ3) is 4.21. The molecule has 1 aromatic carbocycles. The van der Waals surface area contributed by atoms with Gasteiger partial charge in [-0.1, -0.05) is 6.07 Å². The van der Waals surface area contributed by atoms with Crippen LogP contribution in [0, 0.1) is 13.8 Å². The van der Waals surface area contributed by atoms with E-state index >= 15 is 0 Å². The second kappa shape index (κ2) is 7.54. The van der Waals surface area contributed by atoms with E-state index in [2.05, 4.69) is 5.32 Å². The fraction of sp³-hybridized carbons (Fsp3) is 0.444. The molecule has 1 N–H and O–H groups in total. The average molecular weight is 430 g/mol. The Morgan fingerprint density at radius 3 is 2.59 bits per heavy atom. The molecule has 0 amide bonds. The maximum atomic E-state index is 13.3. The number of thiophene rings is 1. The normalized spacial score (nSPS) is 22.0. The Balaban J connectivity index is 1.94. The Morgan fingerprint density at radius 2 is 1.96 bits per heavy atom. The van der Waals surface area contributed by atoms with Crippen LogP contribution in [0.4, 0.5) is 0 Å². The maximum Gasteiger partial charge on any atom is 0.184 e. The summed E-state index contributed by atoms with van der Waals surface area (Å²) in [7, 11) is -5.72. The average Bonchev–Trinajstić information content (AvgIpc) is 3.21. The van der Waals surface area contributed by atoms with Crippen LogP contribution in [0.1, 0.15) is 16.0 Å². The molecule has 0 saturated carbocycles. The molecule has 2 aromatic rings. The summed E-state index contributed by atoms with van der Waals surface area (Å²) in [4.78, 5) is 1.21. The molecule has 0 aliphatic carbocycles. The minimum absolute atomic E-state index is 0.170. The van der Waals surface area contributed by atoms with Gasteiger partial charge in [-0.25, -0.2) is 16.8 Å². The predicted molar refractivity (Wildman–Crippen MR) is 107 cm³/mol. The van der Waals surface area contributed by atoms with Crippen molar-refractivity contribution in [1.82, 2.24) is 5.32 Å². The Kier molecular flexibility index (Phi) is 5.67. The highest BCUT2D eigenvalue weighted by molar-refractivity contribution is 7.96. The van der Waals surface area contributed by atoms with Gasteiger partial charge >= 0.3 is 0 Å². The second-order valence-electron chi connectivity index (χ2n) is 6.81. The van der Waals surface area contributed by atoms with Crippen LogP contribution in [0.15, 0.2) is 34.5 Å². The molecule has 1 fully saturated rings. The molecular weight excluding hydrogens is 406 g/mol. The van der Waals surface area contributed by atoms with Gasteiger partial charge in [-0.3, -0.25) is 0 Å². The number of hydrogen-bond acceptors (Lipinski definition) is 7. The lowest BCUT2D eigenvalue weighted by atomic mass is 10.1. The monoisotopic (exact) mass is 429 g/mol. The van der Waals surface area contributed by atoms with Gasteiger partial charge in [-0.05, 0) is 48.6 Å². The van der Waals surface area contributed by atoms with Gasteiger partial charge in [0.25, 0.3) is 0 Å². The number of rotatable bonds is 6. The van der Waals surface area contributed by atoms with Crippen molar-refractivity contribution in [2.45, 2.75) is 36.6 Å². The first kappa shape index (κ1) is 20.3. The Morgan fingerprint density at radius 1 is 1.22 bits per heavy atom. The van der Waals surface area contributed by atoms with Crippen molar-refractivity contribution in [2.24, 2.45) is 0 Å². The minimum Gasteiger partial charge on any atom is -0.496 e. The summed E-state index contributed by atoms with van der Waals surface area (Å²) < 4.78 is 56.3. The van der Waals surface area contributed by atoms with Gasteiger partial charge in [0.1, 0.15) is 5.75 Å². The number of aryl methyl sites for hydroxylation is 2. The Hall–Kier alpha value is -1.42. The van der Waals surface area contributed by atoms with E-state index in [1.807, 2.05) is 17.5 Å². The van der Waals surface area contributed by atoms with E-state index in [-0.39, 0.29) is 16.4 Å². The van der Waals surface area contributed by atoms with Gasteiger partial charge in [0.05, 0.1) is 28.8 Å². The largest absolute Gasteiger partial charge is 0.496 e. The zero-order chi connectivity index (χ0) is 19.8. The summed E-state index contributed by atoms with van der Waals surface area (Å²) in [6.45, 7) is 3.92. The van der Waals surface area contributed by atoms with Gasteiger partial charge in [0, 0.05) is 17.5 Å². The van der Waals surface area contributed by atoms with E-state index < -0.39 is 31.0 Å². The molecule has 0 radical (unpaired) electrons. The number of nitrogens with one attached hydrogen (secondary N) is 1. The highest BCUT2D eigenvalue weighted by atomic mass is 32.2. The zero-order valence-corrected chi connectivity index (χ0v) is 17.9. The van der Waals surface area contributed by atoms with Crippen LogP contribution in [0.2, 0.25) is 0 Å². The van der Waals surface area contributed by atoms with Crippen LogP contribution in [-0.4, -0.2) is 46.7 Å². The summed E-state index contributed by atoms with van der Waals surface area (Å²) in [5, 5.41) is 4.07. The lowest BCUT2D eigenvalue weighted by molar-refractivity contribution is 0.411. The van der Waals surface area contributed by atoms with E-state index in [1.54, 1.807) is 37.3 Å². The molecule has 148 valence electrons. The fourth-order valence-corrected chi connectivity index (χ4v) is 9.09. The van der Waals surface area contributed by atoms with E-state index in [0.29, 0.717) is 23.4 Å². The number of hydrogen-bond donors (Lipinski definition) is 1. The van der Waals surface area contributed by atoms with Crippen molar-refractivity contribution in [3.05, 3.63) is 45.6 Å². The molecule has 1 aromatic heterocycles. The maximum absolute atomic E-state index is 13.3. The first-order chi connectivity index (χ1) is 12.6. The molecule has 2 heterocycles. The molecule has 6 nitrogen and oxygen atoms in total. The SMILES string of the molecule is COc1cc(C)c(S(=O)(=O)[C@H]2CS(=O)(=O)C[C@@H]2NCc2cccs2)cc1C. The van der Waals surface area contributed by atoms with Crippen LogP contribution in [0.3, 0.4) is 0 Å². The van der Waals surface area contributed by atoms with E-state index in [0.717, 1.165) is 4.88 Å². The Bertz CT molecular complexity index is 1030. The molecule has 9 heteroatoms. The number of methoxy groups -OCH3 is 1. The molecular formula is C18H23NO5S3. The summed E-state index contributed by atoms with van der Waals surface area (Å²) in [6.07, 6.45) is 0. The van der Waals surface area contributed by atoms with Crippen LogP contribution in [0.5, 0.6) is 5.75 Å². The molecule has 27 heavy (non-hydrogen) atoms. The standard InChI is InChI=1S/C18H23NO5S3/c1-12-8-17(13(2)7-16(12)24-3)27(22,23)18-11-26(20,21)10-15(18)19-9-14-5-4-6-25-14/h4-8,15,18-19H,9-11H2,1-3H3/t15-,18-/m0/s1. The number of ether oxygens (including phenoxy) is 1. The summed E-state index contributed by atoms with van der Waals surface area (Å²) >= 11 is 1.54. The molecule has 1 aliphatic rings. The predicted octanol–water partition coefficient (Wildman–Crippen LogP) is 2.10. The van der Waals surface area contributed by atoms with Crippen LogP contribution in [-0.2, 0) is 26.2 Å². The number of sulfone groups is 2. The van der Waals surface area contributed by atoms with Crippen molar-refractivity contribution >= 4 is 31.0 Å². The Labute approximate surface area is 164 Å². The zero-order valence-electron chi connectivity index (χ0n) is 15.4. The molecule has 1 aliphatic heterocycles. The van der Waals surface area contributed by atoms with Crippen molar-refractivity contribution < 1.29 is 21.6 Å². The lowest BCUT2D eigenvalue weighted by Crippen LogP contribution is -2.43. The first-order valence-electron chi connectivity index (χ1n) is 8.49. The number of benzene rings is 1.